The average Bonchev–Trinajstić information content (AvgIpc) is 3.91. The third-order valence-corrected chi connectivity index (χ3v) is 10.4. The van der Waals surface area contributed by atoms with Crippen LogP contribution in [-0.4, -0.2) is 71.3 Å². The minimum Gasteiger partial charge on any atom is -0.383 e. The molecule has 0 bridgehead atoms. The zero-order chi connectivity index (χ0) is 32.2. The molecule has 238 valence electrons. The molecule has 5 aromatic heterocycles. The predicted molar refractivity (Wildman–Crippen MR) is 186 cm³/mol. The molecule has 2 saturated heterocycles. The molecular formula is C31H30Br2N14. The zero-order valence-electron chi connectivity index (χ0n) is 25.1. The molecular weight excluding hydrogens is 728 g/mol. The molecule has 0 radical (unpaired) electrons. The van der Waals surface area contributed by atoms with Gasteiger partial charge in [0.25, 0.3) is 0 Å². The number of nitrogens with two attached hydrogens (primary N) is 2. The minimum absolute atomic E-state index is 0.0960. The lowest BCUT2D eigenvalue weighted by Crippen LogP contribution is -2.29. The van der Waals surface area contributed by atoms with Gasteiger partial charge in [-0.25, -0.2) is 9.97 Å². The summed E-state index contributed by atoms with van der Waals surface area (Å²) >= 11 is 7.50. The van der Waals surface area contributed by atoms with Crippen molar-refractivity contribution in [3.63, 3.8) is 0 Å². The number of piperidine rings is 1. The highest BCUT2D eigenvalue weighted by Crippen LogP contribution is 2.38. The highest BCUT2D eigenvalue weighted by Gasteiger charge is 2.27. The van der Waals surface area contributed by atoms with Gasteiger partial charge in [-0.3, -0.25) is 5.43 Å². The maximum Gasteiger partial charge on any atom is 0.167 e. The molecule has 8 rings (SSSR count). The van der Waals surface area contributed by atoms with Crippen LogP contribution < -0.4 is 27.1 Å². The van der Waals surface area contributed by atoms with Crippen LogP contribution in [0.1, 0.15) is 36.4 Å². The van der Waals surface area contributed by atoms with Gasteiger partial charge in [0.05, 0.1) is 46.6 Å². The first kappa shape index (κ1) is 29.8. The molecule has 2 atom stereocenters. The zero-order valence-corrected chi connectivity index (χ0v) is 28.3. The molecule has 47 heavy (non-hydrogen) atoms. The highest BCUT2D eigenvalue weighted by atomic mass is 79.9. The van der Waals surface area contributed by atoms with Crippen LogP contribution in [0, 0.1) is 11.3 Å². The van der Waals surface area contributed by atoms with Crippen molar-refractivity contribution >= 4 is 60.6 Å². The van der Waals surface area contributed by atoms with Crippen LogP contribution in [0.25, 0.3) is 33.5 Å². The van der Waals surface area contributed by atoms with Gasteiger partial charge in [-0.1, -0.05) is 12.1 Å². The Morgan fingerprint density at radius 2 is 1.70 bits per heavy atom. The van der Waals surface area contributed by atoms with E-state index in [9.17, 15) is 5.26 Å². The Morgan fingerprint density at radius 1 is 0.936 bits per heavy atom. The standard InChI is InChI=1S/C31H30Br2N14/c32-24-26(19-2-1-8-37-11-19)41-28-22(18-5-3-17(10-34)4-6-18)13-40-47(28)31(24)43-45-15-20(12-38-45)23-14-39-46-27(36)25(33)30(42-29(23)46)44-9-7-21(35)16-44/h3-6,12-15,19,21,37,43H,1-2,7-9,11,16,35-36H2/t19?,21-/m0/s1. The molecule has 0 amide bonds. The Kier molecular flexibility index (Phi) is 7.55. The third-order valence-electron chi connectivity index (χ3n) is 8.87. The van der Waals surface area contributed by atoms with Crippen LogP contribution in [0.15, 0.2) is 58.0 Å². The van der Waals surface area contributed by atoms with E-state index < -0.39 is 0 Å². The van der Waals surface area contributed by atoms with Crippen molar-refractivity contribution in [2.24, 2.45) is 5.73 Å². The summed E-state index contributed by atoms with van der Waals surface area (Å²) in [6, 6.07) is 9.74. The number of nitrogen functional groups attached to an aromatic ring is 1. The summed E-state index contributed by atoms with van der Waals surface area (Å²) in [5, 5.41) is 26.7. The molecule has 2 aliphatic rings. The fourth-order valence-electron chi connectivity index (χ4n) is 6.38. The summed E-state index contributed by atoms with van der Waals surface area (Å²) in [5.41, 5.74) is 22.4. The number of hydrogen-bond donors (Lipinski definition) is 4. The lowest BCUT2D eigenvalue weighted by Gasteiger charge is -2.24. The SMILES string of the molecule is N#Cc1ccc(-c2cnn3c(Nn4cc(-c5cnn6c(N)c(Br)c(N7CC[C@H](N)C7)nc56)cn4)c(Br)c(C4CCCNC4)nc23)cc1. The molecule has 1 aromatic carbocycles. The van der Waals surface area contributed by atoms with E-state index in [0.717, 1.165) is 77.1 Å². The van der Waals surface area contributed by atoms with Crippen LogP contribution in [0.3, 0.4) is 0 Å². The highest BCUT2D eigenvalue weighted by molar-refractivity contribution is 9.11. The first-order chi connectivity index (χ1) is 22.9. The van der Waals surface area contributed by atoms with Crippen LogP contribution in [0.2, 0.25) is 0 Å². The number of aromatic nitrogens is 8. The number of rotatable bonds is 6. The van der Waals surface area contributed by atoms with Crippen LogP contribution in [-0.2, 0) is 0 Å². The van der Waals surface area contributed by atoms with Gasteiger partial charge in [-0.15, -0.1) is 0 Å². The van der Waals surface area contributed by atoms with E-state index in [2.05, 4.69) is 63.8 Å². The lowest BCUT2D eigenvalue weighted by molar-refractivity contribution is 0.453. The third kappa shape index (κ3) is 5.19. The molecule has 2 aliphatic heterocycles. The van der Waals surface area contributed by atoms with Gasteiger partial charge in [0.15, 0.2) is 17.1 Å². The molecule has 16 heteroatoms. The first-order valence-electron chi connectivity index (χ1n) is 15.3. The summed E-state index contributed by atoms with van der Waals surface area (Å²) in [6.45, 7) is 3.35. The van der Waals surface area contributed by atoms with Gasteiger partial charge in [0.1, 0.15) is 16.1 Å². The molecule has 2 fully saturated rings. The minimum atomic E-state index is 0.0960. The maximum atomic E-state index is 9.29. The Labute approximate surface area is 286 Å². The van der Waals surface area contributed by atoms with Gasteiger partial charge in [0.2, 0.25) is 0 Å². The van der Waals surface area contributed by atoms with Crippen molar-refractivity contribution in [3.05, 3.63) is 69.3 Å². The largest absolute Gasteiger partial charge is 0.383 e. The topological polar surface area (TPSA) is 181 Å². The van der Waals surface area contributed by atoms with Crippen LogP contribution in [0.4, 0.5) is 17.5 Å². The summed E-state index contributed by atoms with van der Waals surface area (Å²) in [5.74, 6) is 2.12. The molecule has 7 heterocycles. The van der Waals surface area contributed by atoms with Crippen molar-refractivity contribution in [1.82, 2.24) is 44.4 Å². The van der Waals surface area contributed by atoms with Gasteiger partial charge in [0, 0.05) is 48.3 Å². The van der Waals surface area contributed by atoms with Crippen molar-refractivity contribution in [3.8, 4) is 28.3 Å². The Hall–Kier alpha value is -4.56. The number of benzene rings is 1. The number of halogens is 2. The fourth-order valence-corrected chi connectivity index (χ4v) is 7.55. The Morgan fingerprint density at radius 3 is 2.43 bits per heavy atom. The van der Waals surface area contributed by atoms with Crippen molar-refractivity contribution < 1.29 is 0 Å². The molecule has 0 spiro atoms. The van der Waals surface area contributed by atoms with Crippen LogP contribution >= 0.6 is 31.9 Å². The molecule has 0 aliphatic carbocycles. The summed E-state index contributed by atoms with van der Waals surface area (Å²) in [7, 11) is 0. The van der Waals surface area contributed by atoms with E-state index in [-0.39, 0.29) is 12.0 Å². The number of nitriles is 1. The fraction of sp³-hybridized carbons (Fsp3) is 0.290. The van der Waals surface area contributed by atoms with E-state index in [4.69, 9.17) is 26.5 Å². The van der Waals surface area contributed by atoms with Crippen molar-refractivity contribution in [1.29, 1.82) is 5.26 Å². The van der Waals surface area contributed by atoms with Gasteiger partial charge in [-0.2, -0.15) is 34.4 Å². The second kappa shape index (κ2) is 11.9. The summed E-state index contributed by atoms with van der Waals surface area (Å²) < 4.78 is 4.92. The summed E-state index contributed by atoms with van der Waals surface area (Å²) in [6.07, 6.45) is 10.2. The van der Waals surface area contributed by atoms with Gasteiger partial charge < -0.3 is 21.7 Å². The summed E-state index contributed by atoms with van der Waals surface area (Å²) in [4.78, 5) is 13.9. The normalized spacial score (nSPS) is 18.3. The lowest BCUT2D eigenvalue weighted by atomic mass is 9.95. The average molecular weight is 758 g/mol. The monoisotopic (exact) mass is 756 g/mol. The molecule has 6 N–H and O–H groups in total. The van der Waals surface area contributed by atoms with Gasteiger partial charge in [-0.05, 0) is 75.4 Å². The van der Waals surface area contributed by atoms with E-state index in [0.29, 0.717) is 39.5 Å². The van der Waals surface area contributed by atoms with E-state index in [1.165, 1.54) is 0 Å². The number of nitrogens with one attached hydrogen (secondary N) is 2. The quantitative estimate of drug-likeness (QED) is 0.192. The van der Waals surface area contributed by atoms with E-state index in [1.807, 2.05) is 18.3 Å². The number of hydrogen-bond acceptors (Lipinski definition) is 11. The predicted octanol–water partition coefficient (Wildman–Crippen LogP) is 4.16. The molecule has 14 nitrogen and oxygen atoms in total. The molecule has 0 saturated carbocycles. The van der Waals surface area contributed by atoms with E-state index in [1.54, 1.807) is 44.5 Å². The second-order valence-electron chi connectivity index (χ2n) is 11.9. The first-order valence-corrected chi connectivity index (χ1v) is 16.9. The maximum absolute atomic E-state index is 9.29. The Bertz CT molecular complexity index is 2170. The Balaban J connectivity index is 1.19. The second-order valence-corrected chi connectivity index (χ2v) is 13.5. The van der Waals surface area contributed by atoms with E-state index >= 15 is 0 Å². The van der Waals surface area contributed by atoms with Crippen LogP contribution in [0.5, 0.6) is 0 Å². The smallest absolute Gasteiger partial charge is 0.167 e. The number of nitrogens with zero attached hydrogens (tertiary/aromatic N) is 10. The number of anilines is 3. The van der Waals surface area contributed by atoms with Gasteiger partial charge >= 0.3 is 0 Å². The van der Waals surface area contributed by atoms with Crippen molar-refractivity contribution in [2.75, 3.05) is 42.2 Å². The number of fused-ring (bicyclic) bond motifs is 2. The molecule has 6 aromatic rings. The molecule has 1 unspecified atom stereocenters. The van der Waals surface area contributed by atoms with Crippen molar-refractivity contribution in [2.45, 2.75) is 31.2 Å².